The molecule has 106 valence electrons. The molecule has 0 unspecified atom stereocenters. The maximum atomic E-state index is 12.6. The minimum atomic E-state index is -5.32. The van der Waals surface area contributed by atoms with Crippen molar-refractivity contribution in [2.24, 2.45) is 0 Å². The number of carboxylic acid groups (broad SMARTS) is 1. The second kappa shape index (κ2) is 5.55. The molecule has 0 atom stereocenters. The van der Waals surface area contributed by atoms with E-state index in [0.29, 0.717) is 6.07 Å². The Balaban J connectivity index is 3.49. The van der Waals surface area contributed by atoms with Gasteiger partial charge in [-0.2, -0.15) is 0 Å². The van der Waals surface area contributed by atoms with Gasteiger partial charge in [-0.3, -0.25) is 0 Å². The van der Waals surface area contributed by atoms with Gasteiger partial charge in [0.15, 0.2) is 5.75 Å². The first kappa shape index (κ1) is 15.4. The quantitative estimate of drug-likeness (QED) is 0.684. The molecule has 0 aliphatic heterocycles. The van der Waals surface area contributed by atoms with Gasteiger partial charge in [0.25, 0.3) is 6.43 Å². The molecule has 1 N–H and O–H groups in total. The number of nitrogens with zero attached hydrogens (tertiary/aromatic N) is 1. The van der Waals surface area contributed by atoms with Crippen molar-refractivity contribution in [3.8, 4) is 5.75 Å². The van der Waals surface area contributed by atoms with Crippen LogP contribution in [0.4, 0.5) is 22.0 Å². The Morgan fingerprint density at radius 2 is 2.05 bits per heavy atom. The molecule has 10 heteroatoms. The third kappa shape index (κ3) is 3.91. The van der Waals surface area contributed by atoms with E-state index in [1.54, 1.807) is 0 Å². The van der Waals surface area contributed by atoms with E-state index in [1.807, 2.05) is 0 Å². The van der Waals surface area contributed by atoms with Crippen LogP contribution in [0.15, 0.2) is 6.07 Å². The largest absolute Gasteiger partial charge is 0.573 e. The van der Waals surface area contributed by atoms with E-state index in [4.69, 9.17) is 16.7 Å². The first-order chi connectivity index (χ1) is 8.65. The molecule has 19 heavy (non-hydrogen) atoms. The Kier molecular flexibility index (Phi) is 4.51. The Bertz CT molecular complexity index is 491. The summed E-state index contributed by atoms with van der Waals surface area (Å²) in [4.78, 5) is 13.9. The highest BCUT2D eigenvalue weighted by Crippen LogP contribution is 2.35. The highest BCUT2D eigenvalue weighted by atomic mass is 35.5. The number of carboxylic acids is 1. The molecule has 0 fully saturated rings. The molecule has 1 heterocycles. The number of carbonyl (C=O) groups is 1. The van der Waals surface area contributed by atoms with Crippen LogP contribution in [0.25, 0.3) is 0 Å². The van der Waals surface area contributed by atoms with Gasteiger partial charge in [0.05, 0.1) is 11.6 Å². The van der Waals surface area contributed by atoms with Gasteiger partial charge in [0.1, 0.15) is 11.3 Å². The van der Waals surface area contributed by atoms with Crippen molar-refractivity contribution < 1.29 is 36.6 Å². The smallest absolute Gasteiger partial charge is 0.478 e. The normalized spacial score (nSPS) is 11.7. The van der Waals surface area contributed by atoms with Crippen molar-refractivity contribution in [1.29, 1.82) is 0 Å². The third-order valence-electron chi connectivity index (χ3n) is 1.84. The van der Waals surface area contributed by atoms with E-state index in [2.05, 4.69) is 9.72 Å². The molecule has 4 nitrogen and oxygen atoms in total. The summed E-state index contributed by atoms with van der Waals surface area (Å²) in [7, 11) is 0. The molecule has 0 radical (unpaired) electrons. The molecule has 0 bridgehead atoms. The highest BCUT2D eigenvalue weighted by molar-refractivity contribution is 6.17. The molecule has 0 aromatic carbocycles. The second-order valence-electron chi connectivity index (χ2n) is 3.16. The van der Waals surface area contributed by atoms with E-state index in [-0.39, 0.29) is 5.69 Å². The maximum Gasteiger partial charge on any atom is 0.573 e. The lowest BCUT2D eigenvalue weighted by Gasteiger charge is -2.15. The zero-order valence-corrected chi connectivity index (χ0v) is 9.60. The summed E-state index contributed by atoms with van der Waals surface area (Å²) in [6.07, 6.45) is -8.77. The van der Waals surface area contributed by atoms with Crippen molar-refractivity contribution >= 4 is 17.6 Å². The molecule has 1 aromatic heterocycles. The fourth-order valence-electron chi connectivity index (χ4n) is 1.21. The summed E-state index contributed by atoms with van der Waals surface area (Å²) in [5.74, 6) is -3.84. The molecular formula is C9H5ClF5NO3. The van der Waals surface area contributed by atoms with Crippen LogP contribution in [0.5, 0.6) is 5.75 Å². The second-order valence-corrected chi connectivity index (χ2v) is 3.43. The number of aromatic carboxylic acids is 1. The number of hydrogen-bond acceptors (Lipinski definition) is 3. The van der Waals surface area contributed by atoms with E-state index < -0.39 is 41.6 Å². The SMILES string of the molecule is O=C(O)c1cc(CCl)nc(C(F)F)c1OC(F)(F)F. The number of rotatable bonds is 4. The van der Waals surface area contributed by atoms with Gasteiger partial charge < -0.3 is 9.84 Å². The number of alkyl halides is 6. The topological polar surface area (TPSA) is 59.4 Å². The minimum Gasteiger partial charge on any atom is -0.478 e. The summed E-state index contributed by atoms with van der Waals surface area (Å²) in [5.41, 5.74) is -2.81. The predicted molar refractivity (Wildman–Crippen MR) is 52.4 cm³/mol. The Labute approximate surface area is 107 Å². The van der Waals surface area contributed by atoms with Crippen LogP contribution in [0.2, 0.25) is 0 Å². The molecular weight excluding hydrogens is 301 g/mol. The van der Waals surface area contributed by atoms with Crippen LogP contribution in [0, 0.1) is 0 Å². The Morgan fingerprint density at radius 1 is 1.47 bits per heavy atom. The maximum absolute atomic E-state index is 12.6. The lowest BCUT2D eigenvalue weighted by atomic mass is 10.1. The van der Waals surface area contributed by atoms with Crippen molar-refractivity contribution in [2.75, 3.05) is 0 Å². The predicted octanol–water partition coefficient (Wildman–Crippen LogP) is 3.35. The lowest BCUT2D eigenvalue weighted by molar-refractivity contribution is -0.275. The summed E-state index contributed by atoms with van der Waals surface area (Å²) in [6, 6.07) is 0.641. The molecule has 0 amide bonds. The first-order valence-electron chi connectivity index (χ1n) is 4.52. The van der Waals surface area contributed by atoms with E-state index in [0.717, 1.165) is 0 Å². The monoisotopic (exact) mass is 305 g/mol. The molecule has 0 saturated carbocycles. The molecule has 1 aromatic rings. The zero-order chi connectivity index (χ0) is 14.8. The van der Waals surface area contributed by atoms with E-state index in [9.17, 15) is 26.7 Å². The van der Waals surface area contributed by atoms with Crippen molar-refractivity contribution in [1.82, 2.24) is 4.98 Å². The van der Waals surface area contributed by atoms with Crippen LogP contribution >= 0.6 is 11.6 Å². The Hall–Kier alpha value is -1.64. The Morgan fingerprint density at radius 3 is 2.42 bits per heavy atom. The van der Waals surface area contributed by atoms with Gasteiger partial charge in [-0.15, -0.1) is 24.8 Å². The van der Waals surface area contributed by atoms with E-state index >= 15 is 0 Å². The van der Waals surface area contributed by atoms with Gasteiger partial charge >= 0.3 is 12.3 Å². The van der Waals surface area contributed by atoms with Gasteiger partial charge in [0, 0.05) is 0 Å². The molecule has 0 spiro atoms. The third-order valence-corrected chi connectivity index (χ3v) is 2.12. The number of halogens is 6. The van der Waals surface area contributed by atoms with Crippen LogP contribution < -0.4 is 4.74 Å². The number of ether oxygens (including phenoxy) is 1. The molecule has 0 saturated heterocycles. The fraction of sp³-hybridized carbons (Fsp3) is 0.333. The van der Waals surface area contributed by atoms with Gasteiger partial charge in [0.2, 0.25) is 0 Å². The van der Waals surface area contributed by atoms with Crippen molar-refractivity contribution in [3.63, 3.8) is 0 Å². The number of hydrogen-bond donors (Lipinski definition) is 1. The minimum absolute atomic E-state index is 0.302. The lowest BCUT2D eigenvalue weighted by Crippen LogP contribution is -2.21. The fourth-order valence-corrected chi connectivity index (χ4v) is 1.34. The van der Waals surface area contributed by atoms with Gasteiger partial charge in [-0.25, -0.2) is 18.6 Å². The van der Waals surface area contributed by atoms with Crippen LogP contribution in [0.1, 0.15) is 28.2 Å². The zero-order valence-electron chi connectivity index (χ0n) is 8.84. The summed E-state index contributed by atoms with van der Waals surface area (Å²) >= 11 is 5.30. The van der Waals surface area contributed by atoms with Crippen LogP contribution in [-0.2, 0) is 5.88 Å². The van der Waals surface area contributed by atoms with Gasteiger partial charge in [-0.1, -0.05) is 0 Å². The van der Waals surface area contributed by atoms with Crippen molar-refractivity contribution in [3.05, 3.63) is 23.0 Å². The summed E-state index contributed by atoms with van der Waals surface area (Å²) in [5, 5.41) is 8.73. The highest BCUT2D eigenvalue weighted by Gasteiger charge is 2.36. The number of pyridine rings is 1. The molecule has 0 aliphatic carbocycles. The summed E-state index contributed by atoms with van der Waals surface area (Å²) in [6.45, 7) is 0. The van der Waals surface area contributed by atoms with Gasteiger partial charge in [-0.05, 0) is 6.07 Å². The average Bonchev–Trinajstić information content (AvgIpc) is 2.26. The van der Waals surface area contributed by atoms with Crippen LogP contribution in [0.3, 0.4) is 0 Å². The van der Waals surface area contributed by atoms with Crippen molar-refractivity contribution in [2.45, 2.75) is 18.7 Å². The first-order valence-corrected chi connectivity index (χ1v) is 5.06. The van der Waals surface area contributed by atoms with Crippen LogP contribution in [-0.4, -0.2) is 22.4 Å². The number of aromatic nitrogens is 1. The summed E-state index contributed by atoms with van der Waals surface area (Å²) < 4.78 is 64.8. The molecule has 0 aliphatic rings. The average molecular weight is 306 g/mol. The molecule has 1 rings (SSSR count). The standard InChI is InChI=1S/C9H5ClF5NO3/c10-2-3-1-4(8(17)18)6(19-9(13,14)15)5(16-3)7(11)12/h1,7H,2H2,(H,17,18). The van der Waals surface area contributed by atoms with E-state index in [1.165, 1.54) is 0 Å².